The van der Waals surface area contributed by atoms with Crippen molar-refractivity contribution in [3.05, 3.63) is 35.9 Å². The molecule has 0 aromatic heterocycles. The summed E-state index contributed by atoms with van der Waals surface area (Å²) in [5.74, 6) is 0. The van der Waals surface area contributed by atoms with Crippen LogP contribution in [0.1, 0.15) is 38.2 Å². The van der Waals surface area contributed by atoms with Crippen LogP contribution in [0.2, 0.25) is 0 Å². The first-order valence-corrected chi connectivity index (χ1v) is 7.47. The lowest BCUT2D eigenvalue weighted by molar-refractivity contribution is -0.000316. The van der Waals surface area contributed by atoms with Gasteiger partial charge < -0.3 is 0 Å². The molecule has 2 nitrogen and oxygen atoms in total. The molecule has 1 aliphatic rings. The second-order valence-electron chi connectivity index (χ2n) is 5.89. The smallest absolute Gasteiger partial charge is 0.119 e. The van der Waals surface area contributed by atoms with Crippen LogP contribution < -0.4 is 0 Å². The topological polar surface area (TPSA) is 27.0 Å². The average Bonchev–Trinajstić information content (AvgIpc) is 2.45. The third-order valence-corrected chi connectivity index (χ3v) is 4.44. The van der Waals surface area contributed by atoms with Crippen molar-refractivity contribution in [1.82, 2.24) is 4.90 Å². The molecule has 108 valence electrons. The minimum absolute atomic E-state index is 0.348. The van der Waals surface area contributed by atoms with Gasteiger partial charge in [0.15, 0.2) is 0 Å². The predicted octanol–water partition coefficient (Wildman–Crippen LogP) is 3.93. The second-order valence-corrected chi connectivity index (χ2v) is 5.89. The third kappa shape index (κ3) is 3.37. The van der Waals surface area contributed by atoms with Crippen molar-refractivity contribution in [2.75, 3.05) is 13.1 Å². The van der Waals surface area contributed by atoms with Crippen molar-refractivity contribution < 1.29 is 4.39 Å². The van der Waals surface area contributed by atoms with Crippen LogP contribution in [0.4, 0.5) is 4.39 Å². The summed E-state index contributed by atoms with van der Waals surface area (Å²) in [5, 5.41) is 9.00. The number of likely N-dealkylation sites (tertiary alicyclic amines) is 1. The normalized spacial score (nSPS) is 27.1. The summed E-state index contributed by atoms with van der Waals surface area (Å²) in [4.78, 5) is 2.17. The molecule has 0 spiro atoms. The second kappa shape index (κ2) is 6.85. The fraction of sp³-hybridized carbons (Fsp3) is 0.588. The Hall–Kier alpha value is -1.40. The number of hydrogen-bond donors (Lipinski definition) is 0. The number of piperidine rings is 1. The molecule has 2 rings (SSSR count). The molecular weight excluding hydrogens is 251 g/mol. The Morgan fingerprint density at radius 3 is 2.75 bits per heavy atom. The first kappa shape index (κ1) is 15.0. The number of benzene rings is 1. The zero-order valence-electron chi connectivity index (χ0n) is 12.2. The summed E-state index contributed by atoms with van der Waals surface area (Å²) in [7, 11) is 0. The van der Waals surface area contributed by atoms with Gasteiger partial charge in [0.1, 0.15) is 6.17 Å². The molecule has 1 fully saturated rings. The molecule has 1 aromatic carbocycles. The van der Waals surface area contributed by atoms with Crippen LogP contribution in [0.15, 0.2) is 30.3 Å². The summed E-state index contributed by atoms with van der Waals surface area (Å²) in [6.07, 6.45) is 2.02. The maximum absolute atomic E-state index is 14.6. The van der Waals surface area contributed by atoms with Crippen molar-refractivity contribution in [2.45, 2.75) is 45.3 Å². The molecule has 0 amide bonds. The van der Waals surface area contributed by atoms with Crippen LogP contribution >= 0.6 is 0 Å². The number of hydrogen-bond acceptors (Lipinski definition) is 2. The van der Waals surface area contributed by atoms with Gasteiger partial charge in [0, 0.05) is 24.9 Å². The van der Waals surface area contributed by atoms with Gasteiger partial charge in [-0.2, -0.15) is 5.26 Å². The molecule has 1 saturated heterocycles. The van der Waals surface area contributed by atoms with Crippen molar-refractivity contribution in [1.29, 1.82) is 5.26 Å². The van der Waals surface area contributed by atoms with Crippen LogP contribution in [0.5, 0.6) is 0 Å². The Bertz CT molecular complexity index is 454. The van der Waals surface area contributed by atoms with Gasteiger partial charge in [-0.3, -0.25) is 4.90 Å². The molecule has 1 aromatic rings. The molecule has 0 radical (unpaired) electrons. The molecule has 0 unspecified atom stereocenters. The van der Waals surface area contributed by atoms with Gasteiger partial charge in [-0.15, -0.1) is 0 Å². The van der Waals surface area contributed by atoms with Crippen molar-refractivity contribution >= 4 is 0 Å². The van der Waals surface area contributed by atoms with E-state index in [2.05, 4.69) is 30.0 Å². The summed E-state index contributed by atoms with van der Waals surface area (Å²) in [6.45, 7) is 4.21. The lowest BCUT2D eigenvalue weighted by Gasteiger charge is -2.43. The number of rotatable bonds is 5. The van der Waals surface area contributed by atoms with E-state index in [1.165, 1.54) is 5.56 Å². The molecule has 20 heavy (non-hydrogen) atoms. The van der Waals surface area contributed by atoms with Crippen LogP contribution in [-0.4, -0.2) is 24.2 Å². The minimum Gasteiger partial charge on any atom is -0.296 e. The first-order valence-electron chi connectivity index (χ1n) is 7.47. The highest BCUT2D eigenvalue weighted by atomic mass is 19.1. The number of alkyl halides is 1. The molecule has 2 atom stereocenters. The van der Waals surface area contributed by atoms with E-state index in [9.17, 15) is 4.39 Å². The SMILES string of the molecule is CCC[C@@]1(CC#N)CCN(Cc2ccccc2)C[C@H]1F. The summed E-state index contributed by atoms with van der Waals surface area (Å²) < 4.78 is 14.6. The highest BCUT2D eigenvalue weighted by molar-refractivity contribution is 5.14. The van der Waals surface area contributed by atoms with Gasteiger partial charge >= 0.3 is 0 Å². The Morgan fingerprint density at radius 2 is 2.15 bits per heavy atom. The zero-order valence-corrected chi connectivity index (χ0v) is 12.2. The molecule has 1 heterocycles. The van der Waals surface area contributed by atoms with Crippen LogP contribution in [-0.2, 0) is 6.54 Å². The number of halogens is 1. The summed E-state index contributed by atoms with van der Waals surface area (Å²) in [6, 6.07) is 12.4. The van der Waals surface area contributed by atoms with Crippen LogP contribution in [0, 0.1) is 16.7 Å². The fourth-order valence-electron chi connectivity index (χ4n) is 3.26. The highest BCUT2D eigenvalue weighted by Gasteiger charge is 2.42. The zero-order chi connectivity index (χ0) is 14.4. The molecule has 0 saturated carbocycles. The standard InChI is InChI=1S/C17H23FN2/c1-2-8-17(9-11-19)10-12-20(14-16(17)18)13-15-6-4-3-5-7-15/h3-7,16H,2,8-10,12-14H2,1H3/t16-,17-/m1/s1. The van der Waals surface area contributed by atoms with Gasteiger partial charge in [-0.1, -0.05) is 43.7 Å². The molecule has 0 N–H and O–H groups in total. The molecule has 3 heteroatoms. The van der Waals surface area contributed by atoms with Gasteiger partial charge in [0.25, 0.3) is 0 Å². The maximum Gasteiger partial charge on any atom is 0.119 e. The molecule has 0 aliphatic carbocycles. The van der Waals surface area contributed by atoms with Crippen LogP contribution in [0.25, 0.3) is 0 Å². The summed E-state index contributed by atoms with van der Waals surface area (Å²) in [5.41, 5.74) is 0.819. The number of nitriles is 1. The quantitative estimate of drug-likeness (QED) is 0.813. The fourth-order valence-corrected chi connectivity index (χ4v) is 3.26. The van der Waals surface area contributed by atoms with Gasteiger partial charge in [-0.25, -0.2) is 4.39 Å². The molecule has 1 aliphatic heterocycles. The first-order chi connectivity index (χ1) is 9.70. The number of nitrogens with zero attached hydrogens (tertiary/aromatic N) is 2. The monoisotopic (exact) mass is 274 g/mol. The lowest BCUT2D eigenvalue weighted by atomic mass is 9.71. The largest absolute Gasteiger partial charge is 0.296 e. The van der Waals surface area contributed by atoms with E-state index in [1.54, 1.807) is 0 Å². The molecule has 0 bridgehead atoms. The Morgan fingerprint density at radius 1 is 1.40 bits per heavy atom. The lowest BCUT2D eigenvalue weighted by Crippen LogP contribution is -2.48. The third-order valence-electron chi connectivity index (χ3n) is 4.44. The Balaban J connectivity index is 1.99. The van der Waals surface area contributed by atoms with Gasteiger partial charge in [0.05, 0.1) is 6.07 Å². The van der Waals surface area contributed by atoms with E-state index < -0.39 is 11.6 Å². The van der Waals surface area contributed by atoms with E-state index in [0.29, 0.717) is 13.0 Å². The van der Waals surface area contributed by atoms with Gasteiger partial charge in [0.2, 0.25) is 0 Å². The van der Waals surface area contributed by atoms with Crippen molar-refractivity contribution in [3.63, 3.8) is 0 Å². The predicted molar refractivity (Wildman–Crippen MR) is 78.8 cm³/mol. The average molecular weight is 274 g/mol. The highest BCUT2D eigenvalue weighted by Crippen LogP contribution is 2.41. The van der Waals surface area contributed by atoms with Crippen molar-refractivity contribution in [3.8, 4) is 6.07 Å². The maximum atomic E-state index is 14.6. The Labute approximate surface area is 121 Å². The van der Waals surface area contributed by atoms with Crippen LogP contribution in [0.3, 0.4) is 0 Å². The van der Waals surface area contributed by atoms with E-state index >= 15 is 0 Å². The van der Waals surface area contributed by atoms with Crippen molar-refractivity contribution in [2.24, 2.45) is 5.41 Å². The summed E-state index contributed by atoms with van der Waals surface area (Å²) >= 11 is 0. The van der Waals surface area contributed by atoms with E-state index in [1.807, 2.05) is 18.2 Å². The Kier molecular flexibility index (Phi) is 5.14. The molecular formula is C17H23FN2. The minimum atomic E-state index is -0.889. The van der Waals surface area contributed by atoms with Gasteiger partial charge in [-0.05, 0) is 24.9 Å². The van der Waals surface area contributed by atoms with E-state index in [4.69, 9.17) is 5.26 Å². The van der Waals surface area contributed by atoms with E-state index in [-0.39, 0.29) is 0 Å². The van der Waals surface area contributed by atoms with E-state index in [0.717, 1.165) is 32.4 Å².